The number of anilines is 1. The van der Waals surface area contributed by atoms with Crippen molar-refractivity contribution >= 4 is 5.82 Å². The van der Waals surface area contributed by atoms with Gasteiger partial charge in [-0.1, -0.05) is 55.8 Å². The minimum absolute atomic E-state index is 0.107. The first-order valence-corrected chi connectivity index (χ1v) is 8.19. The van der Waals surface area contributed by atoms with Crippen molar-refractivity contribution in [3.63, 3.8) is 0 Å². The summed E-state index contributed by atoms with van der Waals surface area (Å²) in [5.41, 5.74) is 9.73. The van der Waals surface area contributed by atoms with Crippen LogP contribution < -0.4 is 5.73 Å². The summed E-state index contributed by atoms with van der Waals surface area (Å²) in [5.74, 6) is -0.287. The average molecular weight is 331 g/mol. The van der Waals surface area contributed by atoms with E-state index in [0.29, 0.717) is 16.8 Å². The number of nitriles is 1. The lowest BCUT2D eigenvalue weighted by Gasteiger charge is -2.11. The number of nitrogens with zero attached hydrogens (tertiary/aromatic N) is 2. The van der Waals surface area contributed by atoms with Crippen LogP contribution in [0.1, 0.15) is 24.5 Å². The zero-order valence-electron chi connectivity index (χ0n) is 14.0. The summed E-state index contributed by atoms with van der Waals surface area (Å²) in [5, 5.41) is 9.42. The Morgan fingerprint density at radius 2 is 1.80 bits per heavy atom. The van der Waals surface area contributed by atoms with Crippen LogP contribution in [0, 0.1) is 17.1 Å². The molecule has 0 aliphatic rings. The van der Waals surface area contributed by atoms with Crippen LogP contribution in [0.25, 0.3) is 22.4 Å². The SMILES string of the molecule is CCCc1ccc(-c2cc(-c3ccccc3F)c(C#N)c(N)n2)cc1. The van der Waals surface area contributed by atoms with Crippen molar-refractivity contribution in [2.75, 3.05) is 5.73 Å². The summed E-state index contributed by atoms with van der Waals surface area (Å²) in [6, 6.07) is 18.2. The first-order valence-electron chi connectivity index (χ1n) is 8.19. The molecule has 3 aromatic rings. The van der Waals surface area contributed by atoms with E-state index in [0.717, 1.165) is 18.4 Å². The van der Waals surface area contributed by atoms with Gasteiger partial charge in [0.25, 0.3) is 0 Å². The number of hydrogen-bond donors (Lipinski definition) is 1. The molecule has 124 valence electrons. The Labute approximate surface area is 146 Å². The third kappa shape index (κ3) is 3.36. The van der Waals surface area contributed by atoms with Gasteiger partial charge in [-0.2, -0.15) is 5.26 Å². The maximum Gasteiger partial charge on any atom is 0.142 e. The Kier molecular flexibility index (Phi) is 4.76. The highest BCUT2D eigenvalue weighted by molar-refractivity contribution is 5.80. The Bertz CT molecular complexity index is 940. The van der Waals surface area contributed by atoms with E-state index in [4.69, 9.17) is 5.73 Å². The zero-order chi connectivity index (χ0) is 17.8. The molecule has 0 bridgehead atoms. The minimum Gasteiger partial charge on any atom is -0.383 e. The van der Waals surface area contributed by atoms with Crippen molar-refractivity contribution in [3.05, 3.63) is 71.5 Å². The quantitative estimate of drug-likeness (QED) is 0.735. The van der Waals surface area contributed by atoms with Gasteiger partial charge < -0.3 is 5.73 Å². The molecule has 0 radical (unpaired) electrons. The van der Waals surface area contributed by atoms with Crippen molar-refractivity contribution in [1.82, 2.24) is 4.98 Å². The van der Waals surface area contributed by atoms with Crippen molar-refractivity contribution in [2.45, 2.75) is 19.8 Å². The van der Waals surface area contributed by atoms with Gasteiger partial charge in [-0.15, -0.1) is 0 Å². The predicted molar refractivity (Wildman–Crippen MR) is 98.2 cm³/mol. The Hall–Kier alpha value is -3.19. The van der Waals surface area contributed by atoms with Crippen LogP contribution in [0.4, 0.5) is 10.2 Å². The summed E-state index contributed by atoms with van der Waals surface area (Å²) < 4.78 is 14.2. The van der Waals surface area contributed by atoms with E-state index >= 15 is 0 Å². The molecule has 0 saturated heterocycles. The molecule has 0 aliphatic carbocycles. The van der Waals surface area contributed by atoms with Crippen molar-refractivity contribution in [1.29, 1.82) is 5.26 Å². The molecule has 2 N–H and O–H groups in total. The van der Waals surface area contributed by atoms with Crippen LogP contribution >= 0.6 is 0 Å². The van der Waals surface area contributed by atoms with Gasteiger partial charge in [-0.05, 0) is 24.1 Å². The zero-order valence-corrected chi connectivity index (χ0v) is 14.0. The second-order valence-corrected chi connectivity index (χ2v) is 5.85. The van der Waals surface area contributed by atoms with Crippen LogP contribution in [0.2, 0.25) is 0 Å². The number of hydrogen-bond acceptors (Lipinski definition) is 3. The fraction of sp³-hybridized carbons (Fsp3) is 0.143. The number of halogens is 1. The Balaban J connectivity index is 2.14. The summed E-state index contributed by atoms with van der Waals surface area (Å²) in [6.45, 7) is 2.14. The number of rotatable bonds is 4. The lowest BCUT2D eigenvalue weighted by Crippen LogP contribution is -2.00. The maximum absolute atomic E-state index is 14.2. The second-order valence-electron chi connectivity index (χ2n) is 5.85. The fourth-order valence-corrected chi connectivity index (χ4v) is 2.85. The highest BCUT2D eigenvalue weighted by atomic mass is 19.1. The number of benzene rings is 2. The smallest absolute Gasteiger partial charge is 0.142 e. The standard InChI is InChI=1S/C21H18FN3/c1-2-5-14-8-10-15(11-9-14)20-12-17(18(13-23)21(24)25-20)16-6-3-4-7-19(16)22/h3-4,6-12H,2,5H2,1H3,(H2,24,25). The van der Waals surface area contributed by atoms with E-state index in [9.17, 15) is 9.65 Å². The fourth-order valence-electron chi connectivity index (χ4n) is 2.85. The monoisotopic (exact) mass is 331 g/mol. The highest BCUT2D eigenvalue weighted by Crippen LogP contribution is 2.32. The molecule has 0 atom stereocenters. The summed E-state index contributed by atoms with van der Waals surface area (Å²) in [7, 11) is 0. The van der Waals surface area contributed by atoms with E-state index in [1.807, 2.05) is 18.2 Å². The molecule has 0 amide bonds. The topological polar surface area (TPSA) is 62.7 Å². The average Bonchev–Trinajstić information content (AvgIpc) is 2.62. The van der Waals surface area contributed by atoms with Crippen LogP contribution in [0.15, 0.2) is 54.6 Å². The van der Waals surface area contributed by atoms with Crippen molar-refractivity contribution in [2.24, 2.45) is 0 Å². The third-order valence-electron chi connectivity index (χ3n) is 4.11. The first kappa shape index (κ1) is 16.7. The Morgan fingerprint density at radius 1 is 1.08 bits per heavy atom. The van der Waals surface area contributed by atoms with E-state index in [1.54, 1.807) is 24.3 Å². The molecule has 3 rings (SSSR count). The maximum atomic E-state index is 14.2. The number of nitrogen functional groups attached to an aromatic ring is 1. The molecule has 0 saturated carbocycles. The molecule has 0 spiro atoms. The van der Waals surface area contributed by atoms with E-state index < -0.39 is 5.82 Å². The van der Waals surface area contributed by atoms with Gasteiger partial charge in [0.2, 0.25) is 0 Å². The van der Waals surface area contributed by atoms with Crippen LogP contribution in [0.3, 0.4) is 0 Å². The van der Waals surface area contributed by atoms with E-state index in [1.165, 1.54) is 11.6 Å². The third-order valence-corrected chi connectivity index (χ3v) is 4.11. The summed E-state index contributed by atoms with van der Waals surface area (Å²) in [6.07, 6.45) is 2.10. The van der Waals surface area contributed by atoms with Gasteiger partial charge in [-0.3, -0.25) is 0 Å². The van der Waals surface area contributed by atoms with E-state index in [2.05, 4.69) is 24.0 Å². The molecule has 3 nitrogen and oxygen atoms in total. The summed E-state index contributed by atoms with van der Waals surface area (Å²) >= 11 is 0. The van der Waals surface area contributed by atoms with Gasteiger partial charge in [0, 0.05) is 16.7 Å². The van der Waals surface area contributed by atoms with Gasteiger partial charge in [0.15, 0.2) is 0 Å². The highest BCUT2D eigenvalue weighted by Gasteiger charge is 2.15. The molecule has 25 heavy (non-hydrogen) atoms. The Morgan fingerprint density at radius 3 is 2.44 bits per heavy atom. The van der Waals surface area contributed by atoms with Crippen LogP contribution in [-0.4, -0.2) is 4.98 Å². The number of pyridine rings is 1. The molecular formula is C21H18FN3. The number of aryl methyl sites for hydroxylation is 1. The molecular weight excluding hydrogens is 313 g/mol. The molecule has 4 heteroatoms. The van der Waals surface area contributed by atoms with Gasteiger partial charge >= 0.3 is 0 Å². The lowest BCUT2D eigenvalue weighted by molar-refractivity contribution is 0.631. The van der Waals surface area contributed by atoms with E-state index in [-0.39, 0.29) is 11.4 Å². The van der Waals surface area contributed by atoms with Gasteiger partial charge in [0.05, 0.1) is 5.69 Å². The predicted octanol–water partition coefficient (Wildman–Crippen LogP) is 4.96. The molecule has 2 aromatic carbocycles. The largest absolute Gasteiger partial charge is 0.383 e. The molecule has 0 aliphatic heterocycles. The number of aromatic nitrogens is 1. The summed E-state index contributed by atoms with van der Waals surface area (Å²) in [4.78, 5) is 4.34. The normalized spacial score (nSPS) is 10.4. The minimum atomic E-state index is -0.395. The molecule has 1 heterocycles. The second kappa shape index (κ2) is 7.14. The number of nitrogens with two attached hydrogens (primary N) is 1. The van der Waals surface area contributed by atoms with Crippen molar-refractivity contribution < 1.29 is 4.39 Å². The van der Waals surface area contributed by atoms with Crippen LogP contribution in [0.5, 0.6) is 0 Å². The first-order chi connectivity index (χ1) is 12.1. The van der Waals surface area contributed by atoms with Crippen molar-refractivity contribution in [3.8, 4) is 28.5 Å². The lowest BCUT2D eigenvalue weighted by atomic mass is 9.97. The van der Waals surface area contributed by atoms with Gasteiger partial charge in [0.1, 0.15) is 23.3 Å². The molecule has 0 fully saturated rings. The van der Waals surface area contributed by atoms with Gasteiger partial charge in [-0.25, -0.2) is 9.37 Å². The molecule has 0 unspecified atom stereocenters. The van der Waals surface area contributed by atoms with Crippen LogP contribution in [-0.2, 0) is 6.42 Å². The molecule has 1 aromatic heterocycles.